The molecule has 3 nitrogen and oxygen atoms in total. The van der Waals surface area contributed by atoms with E-state index >= 15 is 0 Å². The minimum atomic E-state index is 0.741. The summed E-state index contributed by atoms with van der Waals surface area (Å²) in [6.45, 7) is 1.86. The molecule has 0 aliphatic rings. The van der Waals surface area contributed by atoms with Crippen molar-refractivity contribution in [2.24, 2.45) is 0 Å². The molecule has 0 aliphatic heterocycles. The van der Waals surface area contributed by atoms with E-state index in [0.29, 0.717) is 0 Å². The lowest BCUT2D eigenvalue weighted by atomic mass is 10.1. The normalized spacial score (nSPS) is 10.4. The minimum Gasteiger partial charge on any atom is -0.399 e. The Morgan fingerprint density at radius 3 is 2.43 bits per heavy atom. The average Bonchev–Trinajstić information content (AvgIpc) is 2.50. The van der Waals surface area contributed by atoms with E-state index in [9.17, 15) is 0 Å². The average molecular weight is 253 g/mol. The van der Waals surface area contributed by atoms with Crippen LogP contribution in [-0.4, -0.2) is 5.16 Å². The van der Waals surface area contributed by atoms with Gasteiger partial charge in [-0.2, -0.15) is 0 Å². The van der Waals surface area contributed by atoms with E-state index in [1.54, 1.807) is 0 Å². The first kappa shape index (κ1) is 9.27. The van der Waals surface area contributed by atoms with Gasteiger partial charge in [0.15, 0.2) is 0 Å². The Morgan fingerprint density at radius 2 is 1.93 bits per heavy atom. The Morgan fingerprint density at radius 1 is 1.29 bits per heavy atom. The number of aryl methyl sites for hydroxylation is 1. The van der Waals surface area contributed by atoms with Crippen molar-refractivity contribution in [3.8, 4) is 11.3 Å². The highest BCUT2D eigenvalue weighted by atomic mass is 79.9. The van der Waals surface area contributed by atoms with Crippen LogP contribution in [0.3, 0.4) is 0 Å². The summed E-state index contributed by atoms with van der Waals surface area (Å²) in [5, 5.41) is 3.95. The van der Waals surface area contributed by atoms with Crippen LogP contribution in [0.15, 0.2) is 33.3 Å². The van der Waals surface area contributed by atoms with Crippen LogP contribution in [-0.2, 0) is 0 Å². The van der Waals surface area contributed by atoms with Crippen molar-refractivity contribution in [1.82, 2.24) is 5.16 Å². The van der Waals surface area contributed by atoms with Crippen LogP contribution < -0.4 is 5.73 Å². The number of rotatable bonds is 1. The molecule has 0 saturated heterocycles. The van der Waals surface area contributed by atoms with Gasteiger partial charge in [0.1, 0.15) is 11.5 Å². The van der Waals surface area contributed by atoms with E-state index in [1.807, 2.05) is 31.2 Å². The van der Waals surface area contributed by atoms with Crippen molar-refractivity contribution in [1.29, 1.82) is 0 Å². The molecular formula is C10H9BrN2O. The van der Waals surface area contributed by atoms with Gasteiger partial charge in [0.05, 0.1) is 4.47 Å². The van der Waals surface area contributed by atoms with E-state index in [2.05, 4.69) is 21.1 Å². The zero-order valence-corrected chi connectivity index (χ0v) is 9.21. The van der Waals surface area contributed by atoms with Crippen molar-refractivity contribution < 1.29 is 4.52 Å². The third-order valence-electron chi connectivity index (χ3n) is 1.97. The van der Waals surface area contributed by atoms with Gasteiger partial charge in [-0.05, 0) is 35.0 Å². The Balaban J connectivity index is 2.49. The molecule has 1 aromatic carbocycles. The molecule has 0 aliphatic carbocycles. The van der Waals surface area contributed by atoms with Crippen molar-refractivity contribution in [2.45, 2.75) is 6.92 Å². The molecule has 2 aromatic rings. The van der Waals surface area contributed by atoms with Crippen LogP contribution in [0, 0.1) is 6.92 Å². The lowest BCUT2D eigenvalue weighted by Gasteiger charge is -1.97. The fraction of sp³-hybridized carbons (Fsp3) is 0.100. The lowest BCUT2D eigenvalue weighted by molar-refractivity contribution is 0.399. The number of hydrogen-bond acceptors (Lipinski definition) is 3. The van der Waals surface area contributed by atoms with Crippen molar-refractivity contribution in [3.63, 3.8) is 0 Å². The van der Waals surface area contributed by atoms with Crippen LogP contribution in [0.5, 0.6) is 0 Å². The van der Waals surface area contributed by atoms with E-state index in [-0.39, 0.29) is 0 Å². The van der Waals surface area contributed by atoms with E-state index in [4.69, 9.17) is 10.3 Å². The maximum atomic E-state index is 5.59. The summed E-state index contributed by atoms with van der Waals surface area (Å²) in [6, 6.07) is 7.51. The van der Waals surface area contributed by atoms with Gasteiger partial charge in [-0.25, -0.2) is 0 Å². The monoisotopic (exact) mass is 252 g/mol. The Bertz CT molecular complexity index is 448. The first-order chi connectivity index (χ1) is 6.68. The highest BCUT2D eigenvalue weighted by molar-refractivity contribution is 9.10. The number of nitrogens with zero attached hydrogens (tertiary/aromatic N) is 1. The van der Waals surface area contributed by atoms with Crippen LogP contribution in [0.2, 0.25) is 0 Å². The third kappa shape index (κ3) is 1.53. The molecule has 0 atom stereocenters. The van der Waals surface area contributed by atoms with E-state index in [0.717, 1.165) is 27.2 Å². The number of nitrogen functional groups attached to an aromatic ring is 1. The van der Waals surface area contributed by atoms with Gasteiger partial charge in [0.2, 0.25) is 0 Å². The first-order valence-corrected chi connectivity index (χ1v) is 4.95. The molecule has 14 heavy (non-hydrogen) atoms. The van der Waals surface area contributed by atoms with Crippen molar-refractivity contribution in [3.05, 3.63) is 34.5 Å². The summed E-state index contributed by atoms with van der Waals surface area (Å²) < 4.78 is 5.94. The van der Waals surface area contributed by atoms with Gasteiger partial charge in [-0.3, -0.25) is 0 Å². The maximum Gasteiger partial charge on any atom is 0.148 e. The summed E-state index contributed by atoms with van der Waals surface area (Å²) in [5.41, 5.74) is 8.13. The molecule has 0 unspecified atom stereocenters. The van der Waals surface area contributed by atoms with E-state index < -0.39 is 0 Å². The highest BCUT2D eigenvalue weighted by Gasteiger charge is 2.11. The smallest absolute Gasteiger partial charge is 0.148 e. The molecule has 0 saturated carbocycles. The van der Waals surface area contributed by atoms with E-state index in [1.165, 1.54) is 0 Å². The Hall–Kier alpha value is -1.29. The molecule has 0 bridgehead atoms. The second-order valence-electron chi connectivity index (χ2n) is 3.02. The lowest BCUT2D eigenvalue weighted by Crippen LogP contribution is -1.84. The molecule has 2 rings (SSSR count). The molecule has 2 N–H and O–H groups in total. The number of benzene rings is 1. The summed E-state index contributed by atoms with van der Waals surface area (Å²) >= 11 is 3.42. The van der Waals surface area contributed by atoms with Gasteiger partial charge in [0.25, 0.3) is 0 Å². The number of halogens is 1. The van der Waals surface area contributed by atoms with Crippen LogP contribution in [0.25, 0.3) is 11.3 Å². The van der Waals surface area contributed by atoms with Gasteiger partial charge in [0, 0.05) is 11.3 Å². The van der Waals surface area contributed by atoms with Gasteiger partial charge in [-0.1, -0.05) is 17.3 Å². The number of nitrogens with two attached hydrogens (primary N) is 1. The molecule has 1 aromatic heterocycles. The Labute approximate surface area is 90.0 Å². The highest BCUT2D eigenvalue weighted by Crippen LogP contribution is 2.29. The largest absolute Gasteiger partial charge is 0.399 e. The summed E-state index contributed by atoms with van der Waals surface area (Å²) in [5.74, 6) is 0.775. The number of hydrogen-bond donors (Lipinski definition) is 1. The van der Waals surface area contributed by atoms with Crippen molar-refractivity contribution >= 4 is 21.6 Å². The predicted molar refractivity (Wildman–Crippen MR) is 58.8 cm³/mol. The standard InChI is InChI=1S/C10H9BrN2O/c1-6-9(11)10(13-14-6)7-2-4-8(12)5-3-7/h2-5H,12H2,1H3. The molecule has 1 heterocycles. The molecule has 72 valence electrons. The fourth-order valence-corrected chi connectivity index (χ4v) is 1.56. The molecule has 0 radical (unpaired) electrons. The predicted octanol–water partition coefficient (Wildman–Crippen LogP) is 2.99. The van der Waals surface area contributed by atoms with Gasteiger partial charge < -0.3 is 10.3 Å². The Kier molecular flexibility index (Phi) is 2.29. The molecule has 4 heteroatoms. The summed E-state index contributed by atoms with van der Waals surface area (Å²) in [4.78, 5) is 0. The quantitative estimate of drug-likeness (QED) is 0.795. The van der Waals surface area contributed by atoms with Crippen LogP contribution in [0.4, 0.5) is 5.69 Å². The number of aromatic nitrogens is 1. The molecular weight excluding hydrogens is 244 g/mol. The molecule has 0 fully saturated rings. The SMILES string of the molecule is Cc1onc(-c2ccc(N)cc2)c1Br. The first-order valence-electron chi connectivity index (χ1n) is 4.16. The van der Waals surface area contributed by atoms with Crippen LogP contribution in [0.1, 0.15) is 5.76 Å². The van der Waals surface area contributed by atoms with Gasteiger partial charge in [-0.15, -0.1) is 0 Å². The topological polar surface area (TPSA) is 52.0 Å². The van der Waals surface area contributed by atoms with Gasteiger partial charge >= 0.3 is 0 Å². The second kappa shape index (κ2) is 3.46. The zero-order chi connectivity index (χ0) is 10.1. The second-order valence-corrected chi connectivity index (χ2v) is 3.82. The minimum absolute atomic E-state index is 0.741. The number of anilines is 1. The summed E-state index contributed by atoms with van der Waals surface area (Å²) in [6.07, 6.45) is 0. The van der Waals surface area contributed by atoms with Crippen molar-refractivity contribution in [2.75, 3.05) is 5.73 Å². The maximum absolute atomic E-state index is 5.59. The zero-order valence-electron chi connectivity index (χ0n) is 7.62. The molecule has 0 spiro atoms. The van der Waals surface area contributed by atoms with Crippen LogP contribution >= 0.6 is 15.9 Å². The fourth-order valence-electron chi connectivity index (χ4n) is 1.18. The third-order valence-corrected chi connectivity index (χ3v) is 2.91. The molecule has 0 amide bonds. The summed E-state index contributed by atoms with van der Waals surface area (Å²) in [7, 11) is 0.